The van der Waals surface area contributed by atoms with Crippen molar-refractivity contribution in [2.45, 2.75) is 6.54 Å². The second-order valence-electron chi connectivity index (χ2n) is 6.71. The maximum atomic E-state index is 6.21. The van der Waals surface area contributed by atoms with Crippen molar-refractivity contribution in [3.05, 3.63) is 48.2 Å². The van der Waals surface area contributed by atoms with Crippen LogP contribution >= 0.6 is 0 Å². The van der Waals surface area contributed by atoms with Gasteiger partial charge in [0, 0.05) is 19.7 Å². The predicted octanol–water partition coefficient (Wildman–Crippen LogP) is 2.64. The summed E-state index contributed by atoms with van der Waals surface area (Å²) in [5.74, 6) is 3.28. The summed E-state index contributed by atoms with van der Waals surface area (Å²) in [5.41, 5.74) is 7.66. The van der Waals surface area contributed by atoms with Gasteiger partial charge >= 0.3 is 0 Å². The summed E-state index contributed by atoms with van der Waals surface area (Å²) in [6, 6.07) is 11.1. The fourth-order valence-corrected chi connectivity index (χ4v) is 3.32. The molecule has 3 aromatic heterocycles. The van der Waals surface area contributed by atoms with Gasteiger partial charge in [-0.25, -0.2) is 4.98 Å². The first-order valence-corrected chi connectivity index (χ1v) is 9.65. The summed E-state index contributed by atoms with van der Waals surface area (Å²) in [7, 11) is 4.92. The second kappa shape index (κ2) is 8.92. The first-order valence-electron chi connectivity index (χ1n) is 9.65. The van der Waals surface area contributed by atoms with Gasteiger partial charge in [-0.05, 0) is 24.3 Å². The third-order valence-corrected chi connectivity index (χ3v) is 4.85. The van der Waals surface area contributed by atoms with Crippen LogP contribution in [-0.4, -0.2) is 54.1 Å². The van der Waals surface area contributed by atoms with Crippen LogP contribution in [0.4, 0.5) is 11.8 Å². The van der Waals surface area contributed by atoms with Crippen LogP contribution in [0, 0.1) is 0 Å². The van der Waals surface area contributed by atoms with E-state index < -0.39 is 0 Å². The number of furan rings is 1. The van der Waals surface area contributed by atoms with Crippen LogP contribution in [0.25, 0.3) is 17.2 Å². The highest BCUT2D eigenvalue weighted by atomic mass is 16.5. The Morgan fingerprint density at radius 3 is 2.48 bits per heavy atom. The van der Waals surface area contributed by atoms with Gasteiger partial charge in [0.05, 0.1) is 39.2 Å². The summed E-state index contributed by atoms with van der Waals surface area (Å²) in [6.07, 6.45) is 1.57. The second-order valence-corrected chi connectivity index (χ2v) is 6.71. The molecule has 0 saturated heterocycles. The fraction of sp³-hybridized carbons (Fsp3) is 0.286. The van der Waals surface area contributed by atoms with Crippen LogP contribution in [-0.2, 0) is 11.3 Å². The normalized spacial score (nSPS) is 11.1. The zero-order valence-corrected chi connectivity index (χ0v) is 17.6. The number of rotatable bonds is 9. The van der Waals surface area contributed by atoms with E-state index in [-0.39, 0.29) is 5.95 Å². The molecule has 0 saturated carbocycles. The molecule has 0 spiro atoms. The third-order valence-electron chi connectivity index (χ3n) is 4.85. The van der Waals surface area contributed by atoms with Gasteiger partial charge in [0.25, 0.3) is 0 Å². The average Bonchev–Trinajstić information content (AvgIpc) is 3.46. The lowest BCUT2D eigenvalue weighted by Gasteiger charge is -2.25. The summed E-state index contributed by atoms with van der Waals surface area (Å²) in [4.78, 5) is 11.1. The lowest BCUT2D eigenvalue weighted by Crippen LogP contribution is -2.28. The van der Waals surface area contributed by atoms with E-state index in [1.54, 1.807) is 39.7 Å². The van der Waals surface area contributed by atoms with E-state index in [9.17, 15) is 0 Å². The Bertz CT molecular complexity index is 1140. The number of fused-ring (bicyclic) bond motifs is 1. The van der Waals surface area contributed by atoms with Crippen molar-refractivity contribution in [2.75, 3.05) is 45.1 Å². The number of aromatic nitrogens is 4. The van der Waals surface area contributed by atoms with Crippen molar-refractivity contribution in [3.8, 4) is 23.1 Å². The van der Waals surface area contributed by atoms with E-state index in [1.165, 1.54) is 4.52 Å². The zero-order valence-electron chi connectivity index (χ0n) is 17.6. The van der Waals surface area contributed by atoms with Gasteiger partial charge in [0.2, 0.25) is 11.8 Å². The molecule has 0 bridgehead atoms. The summed E-state index contributed by atoms with van der Waals surface area (Å²) in [6.45, 7) is 1.53. The van der Waals surface area contributed by atoms with Gasteiger partial charge in [-0.15, -0.1) is 5.10 Å². The topological polar surface area (TPSA) is 113 Å². The minimum absolute atomic E-state index is 0.215. The molecular formula is C21H24N6O4. The predicted molar refractivity (Wildman–Crippen MR) is 115 cm³/mol. The van der Waals surface area contributed by atoms with Crippen molar-refractivity contribution in [2.24, 2.45) is 0 Å². The van der Waals surface area contributed by atoms with E-state index in [2.05, 4.69) is 15.1 Å². The summed E-state index contributed by atoms with van der Waals surface area (Å²) >= 11 is 0. The van der Waals surface area contributed by atoms with Crippen molar-refractivity contribution < 1.29 is 18.6 Å². The van der Waals surface area contributed by atoms with E-state index in [4.69, 9.17) is 24.4 Å². The molecule has 0 radical (unpaired) electrons. The standard InChI is InChI=1S/C21H24N6O4/c1-28-11-9-26(13-14-15(29-2)6-4-7-16(14)30-3)18-12-19-23-20(17-8-5-10-31-17)25-27(19)21(22)24-18/h4-8,10,12H,9,11,13H2,1-3H3,(H2,22,24). The van der Waals surface area contributed by atoms with Crippen LogP contribution in [0.1, 0.15) is 5.56 Å². The van der Waals surface area contributed by atoms with Crippen molar-refractivity contribution in [1.29, 1.82) is 0 Å². The van der Waals surface area contributed by atoms with Crippen LogP contribution in [0.5, 0.6) is 11.5 Å². The number of ether oxygens (including phenoxy) is 3. The van der Waals surface area contributed by atoms with E-state index >= 15 is 0 Å². The minimum Gasteiger partial charge on any atom is -0.496 e. The van der Waals surface area contributed by atoms with Gasteiger partial charge < -0.3 is 29.3 Å². The first kappa shape index (κ1) is 20.5. The van der Waals surface area contributed by atoms with Crippen LogP contribution in [0.3, 0.4) is 0 Å². The van der Waals surface area contributed by atoms with Crippen LogP contribution in [0.2, 0.25) is 0 Å². The molecule has 0 aliphatic rings. The molecule has 3 heterocycles. The SMILES string of the molecule is COCCN(Cc1c(OC)cccc1OC)c1cc2nc(-c3ccco3)nn2c(N)n1. The largest absolute Gasteiger partial charge is 0.496 e. The Morgan fingerprint density at radius 1 is 1.06 bits per heavy atom. The number of benzene rings is 1. The Hall–Kier alpha value is -3.79. The summed E-state index contributed by atoms with van der Waals surface area (Å²) < 4.78 is 23.3. The fourth-order valence-electron chi connectivity index (χ4n) is 3.32. The molecule has 0 amide bonds. The van der Waals surface area contributed by atoms with E-state index in [0.717, 1.165) is 17.1 Å². The Kier molecular flexibility index (Phi) is 5.89. The van der Waals surface area contributed by atoms with Crippen LogP contribution in [0.15, 0.2) is 47.1 Å². The van der Waals surface area contributed by atoms with E-state index in [1.807, 2.05) is 29.2 Å². The van der Waals surface area contributed by atoms with Gasteiger partial charge in [-0.3, -0.25) is 0 Å². The maximum Gasteiger partial charge on any atom is 0.225 e. The number of methoxy groups -OCH3 is 3. The number of hydrogen-bond acceptors (Lipinski definition) is 9. The molecule has 31 heavy (non-hydrogen) atoms. The lowest BCUT2D eigenvalue weighted by molar-refractivity contribution is 0.204. The molecule has 1 aromatic carbocycles. The molecule has 0 aliphatic heterocycles. The highest BCUT2D eigenvalue weighted by Gasteiger charge is 2.19. The Morgan fingerprint density at radius 2 is 1.84 bits per heavy atom. The van der Waals surface area contributed by atoms with Crippen molar-refractivity contribution in [1.82, 2.24) is 19.6 Å². The number of nitrogen functional groups attached to an aromatic ring is 1. The van der Waals surface area contributed by atoms with E-state index in [0.29, 0.717) is 42.7 Å². The Balaban J connectivity index is 1.74. The third kappa shape index (κ3) is 4.10. The molecular weight excluding hydrogens is 400 g/mol. The number of anilines is 2. The number of nitrogens with zero attached hydrogens (tertiary/aromatic N) is 5. The van der Waals surface area contributed by atoms with Crippen LogP contribution < -0.4 is 20.1 Å². The Labute approximate surface area is 179 Å². The highest BCUT2D eigenvalue weighted by Crippen LogP contribution is 2.31. The zero-order chi connectivity index (χ0) is 21.8. The molecule has 4 rings (SSSR count). The molecule has 10 nitrogen and oxygen atoms in total. The van der Waals surface area contributed by atoms with Crippen molar-refractivity contribution in [3.63, 3.8) is 0 Å². The molecule has 162 valence electrons. The molecule has 4 aromatic rings. The van der Waals surface area contributed by atoms with Crippen molar-refractivity contribution >= 4 is 17.4 Å². The molecule has 10 heteroatoms. The molecule has 2 N–H and O–H groups in total. The number of hydrogen-bond donors (Lipinski definition) is 1. The maximum absolute atomic E-state index is 6.21. The average molecular weight is 424 g/mol. The molecule has 0 fully saturated rings. The number of nitrogens with two attached hydrogens (primary N) is 1. The lowest BCUT2D eigenvalue weighted by atomic mass is 10.1. The van der Waals surface area contributed by atoms with Gasteiger partial charge in [-0.2, -0.15) is 9.50 Å². The van der Waals surface area contributed by atoms with Gasteiger partial charge in [0.1, 0.15) is 17.3 Å². The smallest absolute Gasteiger partial charge is 0.225 e. The molecule has 0 aliphatic carbocycles. The molecule has 0 atom stereocenters. The first-order chi connectivity index (χ1) is 15.1. The van der Waals surface area contributed by atoms with Gasteiger partial charge in [-0.1, -0.05) is 6.07 Å². The highest BCUT2D eigenvalue weighted by molar-refractivity contribution is 5.60. The van der Waals surface area contributed by atoms with Gasteiger partial charge in [0.15, 0.2) is 11.4 Å². The monoisotopic (exact) mass is 424 g/mol. The molecule has 0 unspecified atom stereocenters. The minimum atomic E-state index is 0.215. The summed E-state index contributed by atoms with van der Waals surface area (Å²) in [5, 5.41) is 4.40. The quantitative estimate of drug-likeness (QED) is 0.433.